The van der Waals surface area contributed by atoms with Crippen molar-refractivity contribution in [3.63, 3.8) is 0 Å². The molecule has 0 unspecified atom stereocenters. The van der Waals surface area contributed by atoms with Gasteiger partial charge in [0.1, 0.15) is 6.54 Å². The summed E-state index contributed by atoms with van der Waals surface area (Å²) in [4.78, 5) is 0. The van der Waals surface area contributed by atoms with E-state index in [-0.39, 0.29) is 13.2 Å². The summed E-state index contributed by atoms with van der Waals surface area (Å²) < 4.78 is 0. The Balaban J connectivity index is 2.60. The first-order chi connectivity index (χ1) is 3.41. The van der Waals surface area contributed by atoms with E-state index in [2.05, 4.69) is 5.32 Å². The Morgan fingerprint density at radius 1 is 1.71 bits per heavy atom. The van der Waals surface area contributed by atoms with Crippen molar-refractivity contribution in [3.05, 3.63) is 0 Å². The summed E-state index contributed by atoms with van der Waals surface area (Å²) in [6.07, 6.45) is 0. The van der Waals surface area contributed by atoms with Gasteiger partial charge in [0, 0.05) is 6.54 Å². The van der Waals surface area contributed by atoms with Gasteiger partial charge in [-0.05, 0) is 0 Å². The second-order valence-corrected chi connectivity index (χ2v) is 0.987. The van der Waals surface area contributed by atoms with E-state index in [1.807, 2.05) is 6.07 Å². The Labute approximate surface area is 42.6 Å². The van der Waals surface area contributed by atoms with Crippen molar-refractivity contribution in [1.82, 2.24) is 5.32 Å². The highest BCUT2D eigenvalue weighted by atomic mass is 16.3. The van der Waals surface area contributed by atoms with E-state index in [1.165, 1.54) is 0 Å². The van der Waals surface area contributed by atoms with Crippen molar-refractivity contribution in [2.45, 2.75) is 0 Å². The SMILES string of the molecule is N#CC[N]CCO. The van der Waals surface area contributed by atoms with E-state index in [0.29, 0.717) is 6.54 Å². The zero-order valence-electron chi connectivity index (χ0n) is 3.96. The fourth-order valence-corrected chi connectivity index (χ4v) is 0.200. The number of hydrogen-bond acceptors (Lipinski definition) is 2. The lowest BCUT2D eigenvalue weighted by Crippen LogP contribution is -2.09. The second kappa shape index (κ2) is 5.41. The molecule has 0 bridgehead atoms. The third-order valence-electron chi connectivity index (χ3n) is 0.441. The monoisotopic (exact) mass is 99.1 g/mol. The minimum absolute atomic E-state index is 0.0433. The van der Waals surface area contributed by atoms with E-state index < -0.39 is 0 Å². The zero-order valence-corrected chi connectivity index (χ0v) is 3.96. The fraction of sp³-hybridized carbons (Fsp3) is 0.750. The van der Waals surface area contributed by atoms with Crippen molar-refractivity contribution >= 4 is 0 Å². The highest BCUT2D eigenvalue weighted by Gasteiger charge is 1.79. The summed E-state index contributed by atoms with van der Waals surface area (Å²) in [5, 5.41) is 19.6. The molecule has 0 rings (SSSR count). The summed E-state index contributed by atoms with van der Waals surface area (Å²) in [7, 11) is 0. The molecule has 0 saturated carbocycles. The maximum Gasteiger partial charge on any atom is 0.101 e. The first-order valence-corrected chi connectivity index (χ1v) is 2.03. The fourth-order valence-electron chi connectivity index (χ4n) is 0.200. The molecule has 0 fully saturated rings. The smallest absolute Gasteiger partial charge is 0.101 e. The second-order valence-electron chi connectivity index (χ2n) is 0.987. The van der Waals surface area contributed by atoms with Crippen LogP contribution in [0, 0.1) is 11.3 Å². The number of rotatable bonds is 3. The molecule has 1 radical (unpaired) electrons. The topological polar surface area (TPSA) is 58.1 Å². The van der Waals surface area contributed by atoms with Gasteiger partial charge in [0.25, 0.3) is 0 Å². The maximum absolute atomic E-state index is 8.09. The summed E-state index contributed by atoms with van der Waals surface area (Å²) >= 11 is 0. The van der Waals surface area contributed by atoms with Crippen molar-refractivity contribution < 1.29 is 5.11 Å². The van der Waals surface area contributed by atoms with Gasteiger partial charge in [0.2, 0.25) is 0 Å². The summed E-state index contributed by atoms with van der Waals surface area (Å²) in [6.45, 7) is 0.621. The van der Waals surface area contributed by atoms with Crippen molar-refractivity contribution in [3.8, 4) is 6.07 Å². The molecule has 1 N–H and O–H groups in total. The molecule has 0 aromatic carbocycles. The number of aliphatic hydroxyl groups is 1. The lowest BCUT2D eigenvalue weighted by molar-refractivity contribution is 0.293. The van der Waals surface area contributed by atoms with E-state index in [0.717, 1.165) is 0 Å². The van der Waals surface area contributed by atoms with E-state index in [1.54, 1.807) is 0 Å². The average Bonchev–Trinajstić information content (AvgIpc) is 1.69. The Kier molecular flexibility index (Phi) is 4.95. The minimum atomic E-state index is 0.0433. The van der Waals surface area contributed by atoms with Crippen LogP contribution in [0.4, 0.5) is 0 Å². The highest BCUT2D eigenvalue weighted by Crippen LogP contribution is 1.56. The Morgan fingerprint density at radius 2 is 2.43 bits per heavy atom. The van der Waals surface area contributed by atoms with Crippen LogP contribution in [0.1, 0.15) is 0 Å². The standard InChI is InChI=1S/C4H7N2O/c5-1-2-6-3-4-7/h7H,2-4H2. The average molecular weight is 99.1 g/mol. The van der Waals surface area contributed by atoms with Crippen LogP contribution in [0.15, 0.2) is 0 Å². The molecule has 7 heavy (non-hydrogen) atoms. The predicted octanol–water partition coefficient (Wildman–Crippen LogP) is -0.893. The molecule has 0 aliphatic carbocycles. The van der Waals surface area contributed by atoms with E-state index in [9.17, 15) is 0 Å². The first kappa shape index (κ1) is 6.41. The molecule has 0 aliphatic heterocycles. The predicted molar refractivity (Wildman–Crippen MR) is 24.6 cm³/mol. The van der Waals surface area contributed by atoms with Crippen LogP contribution < -0.4 is 5.32 Å². The molecule has 39 valence electrons. The van der Waals surface area contributed by atoms with Crippen molar-refractivity contribution in [2.24, 2.45) is 0 Å². The Bertz CT molecular complexity index is 66.6. The number of nitriles is 1. The molecule has 0 atom stereocenters. The summed E-state index contributed by atoms with van der Waals surface area (Å²) in [5.41, 5.74) is 0. The molecule has 3 nitrogen and oxygen atoms in total. The van der Waals surface area contributed by atoms with Gasteiger partial charge in [-0.1, -0.05) is 0 Å². The molecule has 3 heteroatoms. The normalized spacial score (nSPS) is 8.00. The quantitative estimate of drug-likeness (QED) is 0.368. The van der Waals surface area contributed by atoms with Crippen LogP contribution in [-0.4, -0.2) is 24.8 Å². The van der Waals surface area contributed by atoms with Crippen molar-refractivity contribution in [1.29, 1.82) is 5.26 Å². The molecule has 0 amide bonds. The van der Waals surface area contributed by atoms with Gasteiger partial charge >= 0.3 is 0 Å². The first-order valence-electron chi connectivity index (χ1n) is 2.03. The van der Waals surface area contributed by atoms with E-state index >= 15 is 0 Å². The van der Waals surface area contributed by atoms with Crippen LogP contribution in [-0.2, 0) is 0 Å². The van der Waals surface area contributed by atoms with Crippen LogP contribution >= 0.6 is 0 Å². The third-order valence-corrected chi connectivity index (χ3v) is 0.441. The number of nitrogens with zero attached hydrogens (tertiary/aromatic N) is 2. The molecule has 0 aliphatic rings. The molecule has 0 spiro atoms. The Morgan fingerprint density at radius 3 is 2.86 bits per heavy atom. The van der Waals surface area contributed by atoms with E-state index in [4.69, 9.17) is 10.4 Å². The van der Waals surface area contributed by atoms with Gasteiger partial charge in [-0.3, -0.25) is 0 Å². The Hall–Kier alpha value is -0.590. The van der Waals surface area contributed by atoms with Gasteiger partial charge in [-0.25, -0.2) is 5.32 Å². The largest absolute Gasteiger partial charge is 0.395 e. The zero-order chi connectivity index (χ0) is 5.54. The third kappa shape index (κ3) is 5.41. The van der Waals surface area contributed by atoms with Gasteiger partial charge in [0.05, 0.1) is 12.7 Å². The molecule has 0 saturated heterocycles. The summed E-state index contributed by atoms with van der Waals surface area (Å²) in [6, 6.07) is 1.82. The minimum Gasteiger partial charge on any atom is -0.395 e. The maximum atomic E-state index is 8.09. The van der Waals surface area contributed by atoms with Crippen LogP contribution in [0.2, 0.25) is 0 Å². The van der Waals surface area contributed by atoms with Gasteiger partial charge in [-0.2, -0.15) is 5.26 Å². The van der Waals surface area contributed by atoms with Gasteiger partial charge < -0.3 is 5.11 Å². The van der Waals surface area contributed by atoms with Gasteiger partial charge in [0.15, 0.2) is 0 Å². The number of aliphatic hydroxyl groups excluding tert-OH is 1. The van der Waals surface area contributed by atoms with Gasteiger partial charge in [-0.15, -0.1) is 0 Å². The lowest BCUT2D eigenvalue weighted by Gasteiger charge is -1.86. The number of hydrogen-bond donors (Lipinski definition) is 1. The van der Waals surface area contributed by atoms with Crippen LogP contribution in [0.3, 0.4) is 0 Å². The van der Waals surface area contributed by atoms with Crippen LogP contribution in [0.5, 0.6) is 0 Å². The highest BCUT2D eigenvalue weighted by molar-refractivity contribution is 4.71. The lowest BCUT2D eigenvalue weighted by atomic mass is 10.6. The molecular weight excluding hydrogens is 92.1 g/mol. The molecule has 0 aromatic heterocycles. The molecular formula is C4H7N2O. The van der Waals surface area contributed by atoms with Crippen molar-refractivity contribution in [2.75, 3.05) is 19.7 Å². The molecule has 0 aromatic rings. The van der Waals surface area contributed by atoms with Crippen LogP contribution in [0.25, 0.3) is 0 Å². The molecule has 0 heterocycles. The summed E-state index contributed by atoms with van der Waals surface area (Å²) in [5.74, 6) is 0.